The first kappa shape index (κ1) is 39.6. The van der Waals surface area contributed by atoms with Crippen molar-refractivity contribution in [2.45, 2.75) is 50.5 Å². The molecule has 5 heterocycles. The number of nitrogens with one attached hydrogen (secondary N) is 1. The number of aromatic nitrogens is 5. The molecule has 0 atom stereocenters. The number of imidazole rings is 1. The fourth-order valence-corrected chi connectivity index (χ4v) is 7.82. The first-order valence-electron chi connectivity index (χ1n) is 18.9. The van der Waals surface area contributed by atoms with E-state index in [0.717, 1.165) is 29.9 Å². The highest BCUT2D eigenvalue weighted by Crippen LogP contribution is 2.32. The molecule has 1 N–H and O–H groups in total. The summed E-state index contributed by atoms with van der Waals surface area (Å²) in [6.45, 7) is 3.24. The van der Waals surface area contributed by atoms with Gasteiger partial charge in [-0.15, -0.1) is 0 Å². The fraction of sp³-hybridized carbons (Fsp3) is 0.317. The molecule has 4 aromatic heterocycles. The standard InChI is InChI=1S/C41H37F5N8O5/c1-50-13-15-51(16-14-50)21-25-18-31(59-39(57)41(44,45)46)10-11-32(25)24-3-2-4-30(17-24)53-36-33(19-27(43)20-47-36)38(56)54(40(53)58)29-8-6-28(7-9-29)48-37(55)34-23-52-22-26(42)5-12-35(52)49-34/h2-5,10-12,17-20,22-23,28-29H,6-9,13-16,21H2,1H3,(H,48,55)/t28-,29+. The van der Waals surface area contributed by atoms with Gasteiger partial charge in [0, 0.05) is 57.2 Å². The zero-order valence-electron chi connectivity index (χ0n) is 31.6. The molecule has 59 heavy (non-hydrogen) atoms. The summed E-state index contributed by atoms with van der Waals surface area (Å²) in [4.78, 5) is 66.0. The molecule has 2 fully saturated rings. The van der Waals surface area contributed by atoms with E-state index in [4.69, 9.17) is 0 Å². The normalized spacial score (nSPS) is 18.0. The highest BCUT2D eigenvalue weighted by Gasteiger charge is 2.41. The Morgan fingerprint density at radius 3 is 2.41 bits per heavy atom. The molecule has 0 radical (unpaired) electrons. The third-order valence-corrected chi connectivity index (χ3v) is 10.9. The Morgan fingerprint density at radius 2 is 1.66 bits per heavy atom. The largest absolute Gasteiger partial charge is 0.491 e. The van der Waals surface area contributed by atoms with Crippen LogP contribution in [0.4, 0.5) is 22.0 Å². The van der Waals surface area contributed by atoms with E-state index < -0.39 is 47.0 Å². The van der Waals surface area contributed by atoms with Crippen molar-refractivity contribution in [1.29, 1.82) is 0 Å². The molecule has 0 unspecified atom stereocenters. The van der Waals surface area contributed by atoms with Gasteiger partial charge < -0.3 is 19.4 Å². The number of alkyl halides is 3. The molecular formula is C41H37F5N8O5. The van der Waals surface area contributed by atoms with Gasteiger partial charge in [-0.05, 0) is 91.9 Å². The Bertz CT molecular complexity index is 2710. The third-order valence-electron chi connectivity index (χ3n) is 10.9. The second kappa shape index (κ2) is 15.8. The van der Waals surface area contributed by atoms with Crippen LogP contribution < -0.4 is 21.3 Å². The number of nitrogens with zero attached hydrogens (tertiary/aromatic N) is 7. The van der Waals surface area contributed by atoms with Crippen molar-refractivity contribution >= 4 is 28.6 Å². The Balaban J connectivity index is 1.11. The van der Waals surface area contributed by atoms with E-state index in [2.05, 4.69) is 29.8 Å². The lowest BCUT2D eigenvalue weighted by Crippen LogP contribution is -2.45. The maximum Gasteiger partial charge on any atom is 0.491 e. The Kier molecular flexibility index (Phi) is 10.6. The molecule has 306 valence electrons. The number of pyridine rings is 2. The van der Waals surface area contributed by atoms with Crippen molar-refractivity contribution in [2.24, 2.45) is 0 Å². The van der Waals surface area contributed by atoms with Crippen molar-refractivity contribution in [3.63, 3.8) is 0 Å². The predicted molar refractivity (Wildman–Crippen MR) is 205 cm³/mol. The molecular weight excluding hydrogens is 779 g/mol. The molecule has 18 heteroatoms. The number of fused-ring (bicyclic) bond motifs is 2. The van der Waals surface area contributed by atoms with E-state index in [1.165, 1.54) is 45.6 Å². The lowest BCUT2D eigenvalue weighted by atomic mass is 9.90. The average Bonchev–Trinajstić information content (AvgIpc) is 3.63. The first-order chi connectivity index (χ1) is 28.2. The molecule has 1 amide bonds. The Labute approximate surface area is 332 Å². The van der Waals surface area contributed by atoms with Crippen molar-refractivity contribution < 1.29 is 36.3 Å². The monoisotopic (exact) mass is 816 g/mol. The van der Waals surface area contributed by atoms with Crippen molar-refractivity contribution in [1.82, 2.24) is 38.6 Å². The van der Waals surface area contributed by atoms with Crippen LogP contribution in [0.25, 0.3) is 33.5 Å². The van der Waals surface area contributed by atoms with Gasteiger partial charge in [0.25, 0.3) is 11.5 Å². The minimum Gasteiger partial charge on any atom is -0.420 e. The van der Waals surface area contributed by atoms with Gasteiger partial charge in [0.2, 0.25) is 0 Å². The number of halogens is 5. The van der Waals surface area contributed by atoms with Crippen LogP contribution in [-0.4, -0.2) is 90.6 Å². The summed E-state index contributed by atoms with van der Waals surface area (Å²) < 4.78 is 76.1. The van der Waals surface area contributed by atoms with E-state index in [1.807, 2.05) is 7.05 Å². The van der Waals surface area contributed by atoms with E-state index in [9.17, 15) is 41.1 Å². The molecule has 2 aromatic carbocycles. The molecule has 1 saturated carbocycles. The summed E-state index contributed by atoms with van der Waals surface area (Å²) in [6.07, 6.45) is -0.176. The van der Waals surface area contributed by atoms with E-state index in [0.29, 0.717) is 67.7 Å². The van der Waals surface area contributed by atoms with Gasteiger partial charge in [0.15, 0.2) is 5.65 Å². The molecule has 0 spiro atoms. The molecule has 0 bridgehead atoms. The maximum absolute atomic E-state index is 14.7. The number of rotatable bonds is 8. The maximum atomic E-state index is 14.7. The molecule has 2 aliphatic rings. The zero-order valence-corrected chi connectivity index (χ0v) is 31.6. The molecule has 13 nitrogen and oxygen atoms in total. The lowest BCUT2D eigenvalue weighted by Gasteiger charge is -2.33. The van der Waals surface area contributed by atoms with E-state index in [-0.39, 0.29) is 34.2 Å². The van der Waals surface area contributed by atoms with Crippen molar-refractivity contribution in [2.75, 3.05) is 33.2 Å². The minimum absolute atomic E-state index is 0.0739. The van der Waals surface area contributed by atoms with Crippen LogP contribution in [0.3, 0.4) is 0 Å². The molecule has 1 aliphatic carbocycles. The second-order valence-electron chi connectivity index (χ2n) is 14.9. The predicted octanol–water partition coefficient (Wildman–Crippen LogP) is 5.27. The summed E-state index contributed by atoms with van der Waals surface area (Å²) in [5.74, 6) is -4.33. The van der Waals surface area contributed by atoms with Gasteiger partial charge in [-0.2, -0.15) is 13.2 Å². The number of carbonyl (C=O) groups excluding carboxylic acids is 2. The van der Waals surface area contributed by atoms with Crippen LogP contribution in [0.5, 0.6) is 5.75 Å². The van der Waals surface area contributed by atoms with Gasteiger partial charge in [-0.1, -0.05) is 18.2 Å². The summed E-state index contributed by atoms with van der Waals surface area (Å²) in [5, 5.41) is 2.82. The fourth-order valence-electron chi connectivity index (χ4n) is 7.82. The van der Waals surface area contributed by atoms with Crippen LogP contribution in [0, 0.1) is 11.6 Å². The van der Waals surface area contributed by atoms with Crippen LogP contribution in [0.2, 0.25) is 0 Å². The van der Waals surface area contributed by atoms with Gasteiger partial charge in [-0.3, -0.25) is 19.1 Å². The Morgan fingerprint density at radius 1 is 0.898 bits per heavy atom. The number of amides is 1. The number of esters is 1. The summed E-state index contributed by atoms with van der Waals surface area (Å²) in [5.41, 5.74) is 1.02. The molecule has 8 rings (SSSR count). The quantitative estimate of drug-likeness (QED) is 0.124. The lowest BCUT2D eigenvalue weighted by molar-refractivity contribution is -0.189. The zero-order chi connectivity index (χ0) is 41.6. The topological polar surface area (TPSA) is 136 Å². The summed E-state index contributed by atoms with van der Waals surface area (Å²) >= 11 is 0. The van der Waals surface area contributed by atoms with Gasteiger partial charge in [-0.25, -0.2) is 32.9 Å². The number of hydrogen-bond donors (Lipinski definition) is 1. The van der Waals surface area contributed by atoms with Crippen LogP contribution >= 0.6 is 0 Å². The van der Waals surface area contributed by atoms with Crippen molar-refractivity contribution in [3.05, 3.63) is 123 Å². The number of hydrogen-bond acceptors (Lipinski definition) is 9. The summed E-state index contributed by atoms with van der Waals surface area (Å²) in [6, 6.07) is 13.8. The third kappa shape index (κ3) is 8.22. The minimum atomic E-state index is -5.19. The number of likely N-dealkylation sites (N-methyl/N-ethyl adjacent to an activating group) is 1. The van der Waals surface area contributed by atoms with Gasteiger partial charge in [0.1, 0.15) is 28.7 Å². The smallest absolute Gasteiger partial charge is 0.420 e. The van der Waals surface area contributed by atoms with E-state index >= 15 is 0 Å². The average molecular weight is 817 g/mol. The van der Waals surface area contributed by atoms with Crippen molar-refractivity contribution in [3.8, 4) is 22.6 Å². The second-order valence-corrected chi connectivity index (χ2v) is 14.9. The van der Waals surface area contributed by atoms with Gasteiger partial charge in [0.05, 0.1) is 17.3 Å². The highest BCUT2D eigenvalue weighted by molar-refractivity contribution is 5.93. The highest BCUT2D eigenvalue weighted by atomic mass is 19.4. The summed E-state index contributed by atoms with van der Waals surface area (Å²) in [7, 11) is 1.99. The number of benzene rings is 2. The van der Waals surface area contributed by atoms with Crippen LogP contribution in [0.1, 0.15) is 47.8 Å². The Hall–Kier alpha value is -6.27. The number of ether oxygens (including phenoxy) is 1. The van der Waals surface area contributed by atoms with Gasteiger partial charge >= 0.3 is 17.8 Å². The molecule has 1 saturated heterocycles. The number of piperazine rings is 1. The molecule has 1 aliphatic heterocycles. The van der Waals surface area contributed by atoms with Crippen LogP contribution in [-0.2, 0) is 11.3 Å². The van der Waals surface area contributed by atoms with E-state index in [1.54, 1.807) is 30.3 Å². The van der Waals surface area contributed by atoms with Crippen LogP contribution in [0.15, 0.2) is 88.8 Å². The SMILES string of the molecule is CN1CCN(Cc2cc(OC(=O)C(F)(F)F)ccc2-c2cccc(-n3c(=O)n([C@H]4CC[C@@H](NC(=O)c5cn6cc(F)ccc6n5)CC4)c(=O)c4cc(F)cnc43)c2)CC1. The molecule has 6 aromatic rings. The number of carbonyl (C=O) groups is 2. The first-order valence-corrected chi connectivity index (χ1v) is 18.9.